The quantitative estimate of drug-likeness (QED) is 0.780. The Morgan fingerprint density at radius 3 is 2.55 bits per heavy atom. The molecule has 0 bridgehead atoms. The second-order valence-corrected chi connectivity index (χ2v) is 6.95. The number of nitrogens with one attached hydrogen (secondary N) is 1. The molecule has 0 saturated carbocycles. The molecular weight excluding hydrogens is 382 g/mol. The van der Waals surface area contributed by atoms with Crippen LogP contribution in [0.1, 0.15) is 28.4 Å². The molecule has 1 heterocycles. The Balaban J connectivity index is 1.96. The van der Waals surface area contributed by atoms with Gasteiger partial charge in [0.1, 0.15) is 17.0 Å². The molecule has 29 heavy (non-hydrogen) atoms. The number of rotatable bonds is 5. The third kappa shape index (κ3) is 3.70. The summed E-state index contributed by atoms with van der Waals surface area (Å²) >= 11 is 0. The highest BCUT2D eigenvalue weighted by molar-refractivity contribution is 5.96. The number of hydrogen-bond acceptors (Lipinski definition) is 4. The van der Waals surface area contributed by atoms with Crippen molar-refractivity contribution < 1.29 is 27.9 Å². The van der Waals surface area contributed by atoms with Crippen LogP contribution in [0.4, 0.5) is 8.78 Å². The van der Waals surface area contributed by atoms with Gasteiger partial charge in [0, 0.05) is 20.0 Å². The van der Waals surface area contributed by atoms with Crippen molar-refractivity contribution in [3.63, 3.8) is 0 Å². The van der Waals surface area contributed by atoms with E-state index in [0.717, 1.165) is 18.2 Å². The molecule has 1 aliphatic heterocycles. The summed E-state index contributed by atoms with van der Waals surface area (Å²) in [5.74, 6) is -3.52. The lowest BCUT2D eigenvalue weighted by molar-refractivity contribution is -0.154. The van der Waals surface area contributed by atoms with E-state index in [-0.39, 0.29) is 18.9 Å². The fraction of sp³-hybridized carbons (Fsp3) is 0.286. The van der Waals surface area contributed by atoms with Gasteiger partial charge in [0.05, 0.1) is 18.7 Å². The number of amides is 2. The Morgan fingerprint density at radius 2 is 1.90 bits per heavy atom. The highest BCUT2D eigenvalue weighted by atomic mass is 19.1. The van der Waals surface area contributed by atoms with Crippen LogP contribution in [-0.2, 0) is 14.3 Å². The van der Waals surface area contributed by atoms with Crippen LogP contribution in [0, 0.1) is 17.0 Å². The summed E-state index contributed by atoms with van der Waals surface area (Å²) in [4.78, 5) is 39.2. The molecule has 8 heteroatoms. The van der Waals surface area contributed by atoms with E-state index in [0.29, 0.717) is 5.56 Å². The maximum atomic E-state index is 13.9. The minimum absolute atomic E-state index is 0.193. The SMILES string of the molecule is COC(=O)[C@]1(CNC(=O)c2cc(F)ccc2F)CC(=O)N(C)[C@@H]1c1ccccc1. The highest BCUT2D eigenvalue weighted by Gasteiger charge is 2.57. The molecule has 2 aromatic carbocycles. The molecule has 6 nitrogen and oxygen atoms in total. The molecule has 0 spiro atoms. The molecule has 0 radical (unpaired) electrons. The second kappa shape index (κ2) is 7.98. The first kappa shape index (κ1) is 20.4. The van der Waals surface area contributed by atoms with Crippen LogP contribution in [0.3, 0.4) is 0 Å². The second-order valence-electron chi connectivity index (χ2n) is 6.95. The van der Waals surface area contributed by atoms with Gasteiger partial charge < -0.3 is 15.0 Å². The number of carbonyl (C=O) groups excluding carboxylic acids is 3. The van der Waals surface area contributed by atoms with Crippen LogP contribution < -0.4 is 5.32 Å². The lowest BCUT2D eigenvalue weighted by Crippen LogP contribution is -2.47. The van der Waals surface area contributed by atoms with Crippen molar-refractivity contribution in [1.82, 2.24) is 10.2 Å². The Labute approximate surface area is 166 Å². The van der Waals surface area contributed by atoms with E-state index >= 15 is 0 Å². The predicted molar refractivity (Wildman–Crippen MR) is 99.7 cm³/mol. The molecule has 3 rings (SSSR count). The molecule has 0 aromatic heterocycles. The molecule has 2 atom stereocenters. The summed E-state index contributed by atoms with van der Waals surface area (Å²) in [6.07, 6.45) is -0.193. The van der Waals surface area contributed by atoms with Crippen LogP contribution >= 0.6 is 0 Å². The molecule has 2 aromatic rings. The summed E-state index contributed by atoms with van der Waals surface area (Å²) in [7, 11) is 2.77. The standard InChI is InChI=1S/C21H20F2N2O4/c1-25-17(26)11-21(20(28)29-2,18(25)13-6-4-3-5-7-13)12-24-19(27)15-10-14(22)8-9-16(15)23/h3-10,18H,11-12H2,1-2H3,(H,24,27)/t18-,21+/m1/s1. The Morgan fingerprint density at radius 1 is 1.21 bits per heavy atom. The summed E-state index contributed by atoms with van der Waals surface area (Å²) in [5.41, 5.74) is -1.21. The van der Waals surface area contributed by atoms with Crippen molar-refractivity contribution in [3.05, 3.63) is 71.3 Å². The first-order chi connectivity index (χ1) is 13.8. The molecule has 152 valence electrons. The Hall–Kier alpha value is -3.29. The number of likely N-dealkylation sites (tertiary alicyclic amines) is 1. The van der Waals surface area contributed by atoms with Gasteiger partial charge in [0.2, 0.25) is 5.91 Å². The Bertz CT molecular complexity index is 951. The third-order valence-corrected chi connectivity index (χ3v) is 5.22. The zero-order valence-corrected chi connectivity index (χ0v) is 15.9. The molecule has 1 fully saturated rings. The van der Waals surface area contributed by atoms with E-state index in [4.69, 9.17) is 4.74 Å². The van der Waals surface area contributed by atoms with Gasteiger partial charge >= 0.3 is 5.97 Å². The number of ether oxygens (including phenoxy) is 1. The first-order valence-corrected chi connectivity index (χ1v) is 8.92. The molecule has 2 amide bonds. The van der Waals surface area contributed by atoms with Gasteiger partial charge in [-0.1, -0.05) is 30.3 Å². The fourth-order valence-corrected chi connectivity index (χ4v) is 3.81. The van der Waals surface area contributed by atoms with Crippen LogP contribution in [0.5, 0.6) is 0 Å². The average molecular weight is 402 g/mol. The smallest absolute Gasteiger partial charge is 0.316 e. The van der Waals surface area contributed by atoms with Crippen LogP contribution in [0.2, 0.25) is 0 Å². The van der Waals surface area contributed by atoms with Gasteiger partial charge in [-0.25, -0.2) is 8.78 Å². The average Bonchev–Trinajstić information content (AvgIpc) is 2.99. The summed E-state index contributed by atoms with van der Waals surface area (Å²) in [6, 6.07) is 10.7. The van der Waals surface area contributed by atoms with E-state index in [1.54, 1.807) is 37.4 Å². The van der Waals surface area contributed by atoms with E-state index < -0.39 is 40.5 Å². The van der Waals surface area contributed by atoms with Gasteiger partial charge in [-0.05, 0) is 23.8 Å². The van der Waals surface area contributed by atoms with Crippen molar-refractivity contribution in [1.29, 1.82) is 0 Å². The number of benzene rings is 2. The number of halogens is 2. The molecule has 1 aliphatic rings. The van der Waals surface area contributed by atoms with Gasteiger partial charge in [-0.2, -0.15) is 0 Å². The number of methoxy groups -OCH3 is 1. The van der Waals surface area contributed by atoms with Crippen molar-refractivity contribution in [2.75, 3.05) is 20.7 Å². The minimum Gasteiger partial charge on any atom is -0.468 e. The molecule has 0 unspecified atom stereocenters. The topological polar surface area (TPSA) is 75.7 Å². The van der Waals surface area contributed by atoms with Gasteiger partial charge in [-0.15, -0.1) is 0 Å². The molecule has 1 saturated heterocycles. The summed E-state index contributed by atoms with van der Waals surface area (Å²) in [6.45, 7) is -0.288. The largest absolute Gasteiger partial charge is 0.468 e. The molecular formula is C21H20F2N2O4. The van der Waals surface area contributed by atoms with Crippen LogP contribution in [-0.4, -0.2) is 43.4 Å². The molecule has 0 aliphatic carbocycles. The predicted octanol–water partition coefficient (Wildman–Crippen LogP) is 2.46. The summed E-state index contributed by atoms with van der Waals surface area (Å²) < 4.78 is 32.3. The minimum atomic E-state index is -1.42. The maximum absolute atomic E-state index is 13.9. The van der Waals surface area contributed by atoms with E-state index in [9.17, 15) is 23.2 Å². The van der Waals surface area contributed by atoms with Gasteiger partial charge in [0.15, 0.2) is 0 Å². The van der Waals surface area contributed by atoms with Crippen molar-refractivity contribution >= 4 is 17.8 Å². The number of nitrogens with zero attached hydrogens (tertiary/aromatic N) is 1. The van der Waals surface area contributed by atoms with Crippen molar-refractivity contribution in [2.45, 2.75) is 12.5 Å². The maximum Gasteiger partial charge on any atom is 0.316 e. The fourth-order valence-electron chi connectivity index (χ4n) is 3.81. The lowest BCUT2D eigenvalue weighted by Gasteiger charge is -2.34. The zero-order chi connectivity index (χ0) is 21.2. The number of hydrogen-bond donors (Lipinski definition) is 1. The number of carbonyl (C=O) groups is 3. The normalized spacial score (nSPS) is 21.2. The molecule has 1 N–H and O–H groups in total. The number of esters is 1. The van der Waals surface area contributed by atoms with Gasteiger partial charge in [0.25, 0.3) is 5.91 Å². The third-order valence-electron chi connectivity index (χ3n) is 5.22. The first-order valence-electron chi connectivity index (χ1n) is 8.92. The van der Waals surface area contributed by atoms with E-state index in [2.05, 4.69) is 5.32 Å². The zero-order valence-electron chi connectivity index (χ0n) is 15.9. The van der Waals surface area contributed by atoms with E-state index in [1.165, 1.54) is 12.0 Å². The highest BCUT2D eigenvalue weighted by Crippen LogP contribution is 2.47. The van der Waals surface area contributed by atoms with Crippen molar-refractivity contribution in [2.24, 2.45) is 5.41 Å². The van der Waals surface area contributed by atoms with Gasteiger partial charge in [-0.3, -0.25) is 14.4 Å². The summed E-state index contributed by atoms with van der Waals surface area (Å²) in [5, 5.41) is 2.48. The monoisotopic (exact) mass is 402 g/mol. The Kier molecular flexibility index (Phi) is 5.63. The van der Waals surface area contributed by atoms with Crippen LogP contribution in [0.25, 0.3) is 0 Å². The van der Waals surface area contributed by atoms with Crippen molar-refractivity contribution in [3.8, 4) is 0 Å². The lowest BCUT2D eigenvalue weighted by atomic mass is 9.76. The van der Waals surface area contributed by atoms with Crippen LogP contribution in [0.15, 0.2) is 48.5 Å². The van der Waals surface area contributed by atoms with E-state index in [1.807, 2.05) is 0 Å².